The van der Waals surface area contributed by atoms with E-state index in [-0.39, 0.29) is 4.87 Å². The van der Waals surface area contributed by atoms with E-state index in [0.29, 0.717) is 22.8 Å². The van der Waals surface area contributed by atoms with E-state index >= 15 is 0 Å². The lowest BCUT2D eigenvalue weighted by molar-refractivity contribution is 0.00707. The number of aromatic nitrogens is 1. The van der Waals surface area contributed by atoms with Crippen molar-refractivity contribution in [1.29, 1.82) is 0 Å². The van der Waals surface area contributed by atoms with Crippen molar-refractivity contribution < 1.29 is 9.53 Å². The van der Waals surface area contributed by atoms with Gasteiger partial charge in [0.15, 0.2) is 0 Å². The molecule has 0 aliphatic rings. The lowest BCUT2D eigenvalue weighted by Gasteiger charge is -2.21. The Hall–Kier alpha value is -3.09. The second-order valence-electron chi connectivity index (χ2n) is 8.44. The largest absolute Gasteiger partial charge is 0.456 e. The Morgan fingerprint density at radius 1 is 1.06 bits per heavy atom. The zero-order valence-corrected chi connectivity index (χ0v) is 19.6. The van der Waals surface area contributed by atoms with Gasteiger partial charge in [0, 0.05) is 10.7 Å². The van der Waals surface area contributed by atoms with E-state index < -0.39 is 11.6 Å². The molecule has 0 aliphatic carbocycles. The van der Waals surface area contributed by atoms with E-state index in [4.69, 9.17) is 16.3 Å². The van der Waals surface area contributed by atoms with Crippen LogP contribution in [0.2, 0.25) is 5.02 Å². The molecule has 0 amide bonds. The normalized spacial score (nSPS) is 11.5. The lowest BCUT2D eigenvalue weighted by Crippen LogP contribution is -2.24. The number of ether oxygens (including phenoxy) is 1. The molecule has 4 rings (SSSR count). The highest BCUT2D eigenvalue weighted by atomic mass is 35.5. The predicted octanol–water partition coefficient (Wildman–Crippen LogP) is 6.46. The lowest BCUT2D eigenvalue weighted by atomic mass is 10.1. The maximum Gasteiger partial charge on any atom is 0.340 e. The molecule has 0 radical (unpaired) electrons. The summed E-state index contributed by atoms with van der Waals surface area (Å²) in [6, 6.07) is 20.7. The van der Waals surface area contributed by atoms with Crippen molar-refractivity contribution in [2.24, 2.45) is 0 Å². The zero-order chi connectivity index (χ0) is 22.9. The molecule has 164 valence electrons. The third-order valence-corrected chi connectivity index (χ3v) is 5.91. The van der Waals surface area contributed by atoms with E-state index in [1.165, 1.54) is 11.3 Å². The number of thiazole rings is 1. The molecule has 4 aromatic rings. The van der Waals surface area contributed by atoms with Gasteiger partial charge < -0.3 is 10.1 Å². The minimum Gasteiger partial charge on any atom is -0.456 e. The number of carbonyl (C=O) groups is 1. The maximum atomic E-state index is 12.7. The number of anilines is 2. The van der Waals surface area contributed by atoms with Gasteiger partial charge in [-0.2, -0.15) is 0 Å². The summed E-state index contributed by atoms with van der Waals surface area (Å²) >= 11 is 7.33. The van der Waals surface area contributed by atoms with E-state index in [1.54, 1.807) is 22.8 Å². The summed E-state index contributed by atoms with van der Waals surface area (Å²) in [6.07, 6.45) is 0. The Morgan fingerprint density at radius 3 is 2.53 bits per heavy atom. The highest BCUT2D eigenvalue weighted by Gasteiger charge is 2.21. The van der Waals surface area contributed by atoms with Crippen molar-refractivity contribution in [3.05, 3.63) is 92.5 Å². The average molecular weight is 467 g/mol. The number of nitrogens with zero attached hydrogens (tertiary/aromatic N) is 1. The summed E-state index contributed by atoms with van der Waals surface area (Å²) in [5.41, 5.74) is 3.01. The number of hydrogen-bond acceptors (Lipinski definition) is 5. The van der Waals surface area contributed by atoms with Gasteiger partial charge in [0.05, 0.1) is 28.0 Å². The second kappa shape index (κ2) is 8.81. The van der Waals surface area contributed by atoms with Crippen LogP contribution in [0, 0.1) is 0 Å². The fourth-order valence-electron chi connectivity index (χ4n) is 3.34. The molecule has 0 aliphatic heterocycles. The van der Waals surface area contributed by atoms with Crippen molar-refractivity contribution in [2.45, 2.75) is 32.9 Å². The van der Waals surface area contributed by atoms with Gasteiger partial charge in [-0.05, 0) is 62.7 Å². The molecule has 1 N–H and O–H groups in total. The molecule has 5 nitrogen and oxygen atoms in total. The third-order valence-electron chi connectivity index (χ3n) is 4.73. The summed E-state index contributed by atoms with van der Waals surface area (Å²) in [5.74, 6) is -0.456. The van der Waals surface area contributed by atoms with Crippen LogP contribution >= 0.6 is 22.9 Å². The summed E-state index contributed by atoms with van der Waals surface area (Å²) < 4.78 is 8.16. The van der Waals surface area contributed by atoms with Crippen molar-refractivity contribution >= 4 is 50.5 Å². The van der Waals surface area contributed by atoms with Gasteiger partial charge in [-0.15, -0.1) is 0 Å². The smallest absolute Gasteiger partial charge is 0.340 e. The van der Waals surface area contributed by atoms with Gasteiger partial charge in [-0.3, -0.25) is 9.36 Å². The number of fused-ring (bicyclic) bond motifs is 1. The maximum absolute atomic E-state index is 12.7. The molecule has 32 heavy (non-hydrogen) atoms. The molecular formula is C25H23ClN2O3S. The zero-order valence-electron chi connectivity index (χ0n) is 18.0. The van der Waals surface area contributed by atoms with E-state index in [9.17, 15) is 9.59 Å². The number of esters is 1. The van der Waals surface area contributed by atoms with Crippen LogP contribution in [0.15, 0.2) is 71.5 Å². The molecule has 0 saturated carbocycles. The first-order valence-corrected chi connectivity index (χ1v) is 11.4. The molecule has 3 aromatic carbocycles. The summed E-state index contributed by atoms with van der Waals surface area (Å²) in [4.78, 5) is 25.3. The number of benzene rings is 3. The Balaban J connectivity index is 1.65. The van der Waals surface area contributed by atoms with Gasteiger partial charge in [0.25, 0.3) is 0 Å². The van der Waals surface area contributed by atoms with Crippen LogP contribution in [-0.4, -0.2) is 16.1 Å². The van der Waals surface area contributed by atoms with Gasteiger partial charge in [0.2, 0.25) is 0 Å². The molecule has 0 spiro atoms. The Bertz CT molecular complexity index is 1340. The molecule has 0 bridgehead atoms. The number of carbonyl (C=O) groups excluding carboxylic acids is 1. The van der Waals surface area contributed by atoms with E-state index in [1.807, 2.05) is 69.3 Å². The molecule has 0 atom stereocenters. The van der Waals surface area contributed by atoms with Crippen molar-refractivity contribution in [3.63, 3.8) is 0 Å². The van der Waals surface area contributed by atoms with Crippen molar-refractivity contribution in [1.82, 2.24) is 4.57 Å². The van der Waals surface area contributed by atoms with Crippen LogP contribution in [0.1, 0.15) is 36.7 Å². The Labute approximate surface area is 195 Å². The van der Waals surface area contributed by atoms with Crippen LogP contribution in [0.4, 0.5) is 11.4 Å². The second-order valence-corrected chi connectivity index (χ2v) is 9.87. The first kappa shape index (κ1) is 22.1. The van der Waals surface area contributed by atoms with Crippen LogP contribution < -0.4 is 10.2 Å². The van der Waals surface area contributed by atoms with Crippen LogP contribution in [-0.2, 0) is 11.3 Å². The highest BCUT2D eigenvalue weighted by molar-refractivity contribution is 7.16. The fraction of sp³-hybridized carbons (Fsp3) is 0.200. The Kier molecular flexibility index (Phi) is 6.09. The van der Waals surface area contributed by atoms with Crippen LogP contribution in [0.3, 0.4) is 0 Å². The number of nitrogens with one attached hydrogen (secondary N) is 1. The number of halogens is 1. The highest BCUT2D eigenvalue weighted by Crippen LogP contribution is 2.29. The number of rotatable bonds is 5. The number of hydrogen-bond donors (Lipinski definition) is 1. The minimum atomic E-state index is -0.622. The quantitative estimate of drug-likeness (QED) is 0.343. The molecule has 0 fully saturated rings. The first-order valence-electron chi connectivity index (χ1n) is 10.2. The van der Waals surface area contributed by atoms with Crippen LogP contribution in [0.25, 0.3) is 10.2 Å². The first-order chi connectivity index (χ1) is 15.2. The SMILES string of the molecule is CC(C)(C)OC(=O)c1cc(Cl)ccc1Nc1ccc2c(c1)sc(=O)n2Cc1ccccc1. The monoisotopic (exact) mass is 466 g/mol. The molecule has 0 unspecified atom stereocenters. The van der Waals surface area contributed by atoms with Crippen molar-refractivity contribution in [2.75, 3.05) is 5.32 Å². The summed E-state index contributed by atoms with van der Waals surface area (Å²) in [6.45, 7) is 5.97. The summed E-state index contributed by atoms with van der Waals surface area (Å²) in [5, 5.41) is 3.72. The molecule has 1 heterocycles. The van der Waals surface area contributed by atoms with Gasteiger partial charge in [-0.25, -0.2) is 4.79 Å². The molecular weight excluding hydrogens is 444 g/mol. The molecule has 0 saturated heterocycles. The topological polar surface area (TPSA) is 60.3 Å². The van der Waals surface area contributed by atoms with E-state index in [0.717, 1.165) is 21.5 Å². The van der Waals surface area contributed by atoms with Gasteiger partial charge >= 0.3 is 10.8 Å². The predicted molar refractivity (Wildman–Crippen MR) is 132 cm³/mol. The average Bonchev–Trinajstić information content (AvgIpc) is 3.03. The third kappa shape index (κ3) is 5.03. The fourth-order valence-corrected chi connectivity index (χ4v) is 4.44. The Morgan fingerprint density at radius 2 is 1.81 bits per heavy atom. The van der Waals surface area contributed by atoms with Crippen molar-refractivity contribution in [3.8, 4) is 0 Å². The standard InChI is InChI=1S/C25H23ClN2O3S/c1-25(2,3)31-23(29)19-13-17(26)9-11-20(19)27-18-10-12-21-22(14-18)32-24(30)28(21)15-16-7-5-4-6-8-16/h4-14,27H,15H2,1-3H3. The minimum absolute atomic E-state index is 0.0121. The van der Waals surface area contributed by atoms with Gasteiger partial charge in [-0.1, -0.05) is 53.3 Å². The van der Waals surface area contributed by atoms with E-state index in [2.05, 4.69) is 5.32 Å². The molecule has 7 heteroatoms. The summed E-state index contributed by atoms with van der Waals surface area (Å²) in [7, 11) is 0. The van der Waals surface area contributed by atoms with Gasteiger partial charge in [0.1, 0.15) is 5.60 Å². The molecule has 1 aromatic heterocycles. The van der Waals surface area contributed by atoms with Crippen LogP contribution in [0.5, 0.6) is 0 Å².